The Morgan fingerprint density at radius 1 is 0.795 bits per heavy atom. The molecule has 3 aromatic rings. The summed E-state index contributed by atoms with van der Waals surface area (Å²) in [5.74, 6) is 0.787. The summed E-state index contributed by atoms with van der Waals surface area (Å²) in [4.78, 5) is 42.3. The number of benzene rings is 2. The standard InChI is InChI=1S/C27H31N7O5/c1-18-17-21(7-8-22(18)24(35)36)29-27(37)28-20-5-3-19(4-6-20)23-30-25(33-9-2-13-38-14-10-33)32-26(31-23)34-11-15-39-16-12-34/h3-8,17H,2,9-16H2,1H3,(H,35,36)(H2,28,29,37). The van der Waals surface area contributed by atoms with E-state index in [2.05, 4.69) is 20.4 Å². The maximum atomic E-state index is 12.5. The molecule has 2 aromatic carbocycles. The normalized spacial score (nSPS) is 15.9. The molecule has 12 heteroatoms. The van der Waals surface area contributed by atoms with E-state index < -0.39 is 12.0 Å². The number of nitrogens with one attached hydrogen (secondary N) is 2. The number of hydrogen-bond donors (Lipinski definition) is 3. The van der Waals surface area contributed by atoms with Crippen molar-refractivity contribution >= 4 is 35.3 Å². The molecule has 1 aromatic heterocycles. The van der Waals surface area contributed by atoms with Gasteiger partial charge in [-0.3, -0.25) is 0 Å². The van der Waals surface area contributed by atoms with Crippen LogP contribution in [0.15, 0.2) is 42.5 Å². The average molecular weight is 534 g/mol. The van der Waals surface area contributed by atoms with E-state index in [1.807, 2.05) is 12.1 Å². The molecule has 0 aliphatic carbocycles. The van der Waals surface area contributed by atoms with Crippen molar-refractivity contribution in [1.29, 1.82) is 0 Å². The smallest absolute Gasteiger partial charge is 0.335 e. The highest BCUT2D eigenvalue weighted by Gasteiger charge is 2.21. The number of carboxylic acids is 1. The molecule has 2 amide bonds. The first-order chi connectivity index (χ1) is 19.0. The Balaban J connectivity index is 1.32. The van der Waals surface area contributed by atoms with Gasteiger partial charge in [-0.05, 0) is 61.4 Å². The number of nitrogens with zero attached hydrogens (tertiary/aromatic N) is 5. The molecule has 3 heterocycles. The number of rotatable bonds is 6. The molecular formula is C27H31N7O5. The second-order valence-corrected chi connectivity index (χ2v) is 9.30. The lowest BCUT2D eigenvalue weighted by Gasteiger charge is -2.28. The number of amides is 2. The monoisotopic (exact) mass is 533 g/mol. The van der Waals surface area contributed by atoms with E-state index in [0.717, 1.165) is 25.1 Å². The van der Waals surface area contributed by atoms with Crippen molar-refractivity contribution in [3.8, 4) is 11.4 Å². The molecule has 0 atom stereocenters. The van der Waals surface area contributed by atoms with Gasteiger partial charge in [0.05, 0.1) is 25.4 Å². The number of urea groups is 1. The third kappa shape index (κ3) is 6.59. The van der Waals surface area contributed by atoms with Crippen LogP contribution in [0.2, 0.25) is 0 Å². The number of carboxylic acid groups (broad SMARTS) is 1. The zero-order chi connectivity index (χ0) is 27.2. The highest BCUT2D eigenvalue weighted by molar-refractivity contribution is 6.00. The molecule has 0 spiro atoms. The summed E-state index contributed by atoms with van der Waals surface area (Å²) in [5.41, 5.74) is 2.64. The molecule has 0 unspecified atom stereocenters. The molecule has 5 rings (SSSR count). The Hall–Kier alpha value is -4.29. The maximum Gasteiger partial charge on any atom is 0.335 e. The SMILES string of the molecule is Cc1cc(NC(=O)Nc2ccc(-c3nc(N4CCCOCC4)nc(N4CCOCC4)n3)cc2)ccc1C(=O)O. The van der Waals surface area contributed by atoms with Gasteiger partial charge >= 0.3 is 12.0 Å². The van der Waals surface area contributed by atoms with Crippen molar-refractivity contribution in [1.82, 2.24) is 15.0 Å². The lowest BCUT2D eigenvalue weighted by Crippen LogP contribution is -2.38. The number of aromatic nitrogens is 3. The summed E-state index contributed by atoms with van der Waals surface area (Å²) in [6.45, 7) is 7.22. The molecular weight excluding hydrogens is 502 g/mol. The molecule has 3 N–H and O–H groups in total. The number of anilines is 4. The number of carbonyl (C=O) groups is 2. The minimum atomic E-state index is -1.01. The van der Waals surface area contributed by atoms with Gasteiger partial charge in [0, 0.05) is 49.7 Å². The lowest BCUT2D eigenvalue weighted by molar-refractivity contribution is 0.0696. The summed E-state index contributed by atoms with van der Waals surface area (Å²) in [7, 11) is 0. The zero-order valence-corrected chi connectivity index (χ0v) is 21.7. The fourth-order valence-corrected chi connectivity index (χ4v) is 4.45. The van der Waals surface area contributed by atoms with Gasteiger partial charge in [0.2, 0.25) is 11.9 Å². The van der Waals surface area contributed by atoms with Gasteiger partial charge < -0.3 is 35.0 Å². The molecule has 204 valence electrons. The molecule has 0 saturated carbocycles. The van der Waals surface area contributed by atoms with Crippen LogP contribution in [0.5, 0.6) is 0 Å². The van der Waals surface area contributed by atoms with Crippen LogP contribution in [-0.4, -0.2) is 84.7 Å². The third-order valence-corrected chi connectivity index (χ3v) is 6.53. The van der Waals surface area contributed by atoms with Crippen LogP contribution in [0.3, 0.4) is 0 Å². The van der Waals surface area contributed by atoms with Crippen molar-refractivity contribution in [3.05, 3.63) is 53.6 Å². The Bertz CT molecular complexity index is 1320. The van der Waals surface area contributed by atoms with E-state index in [4.69, 9.17) is 24.4 Å². The highest BCUT2D eigenvalue weighted by Crippen LogP contribution is 2.24. The molecule has 12 nitrogen and oxygen atoms in total. The van der Waals surface area contributed by atoms with E-state index in [0.29, 0.717) is 74.1 Å². The number of morpholine rings is 1. The number of hydrogen-bond acceptors (Lipinski definition) is 9. The molecule has 2 fully saturated rings. The first-order valence-electron chi connectivity index (χ1n) is 12.9. The second-order valence-electron chi connectivity index (χ2n) is 9.30. The summed E-state index contributed by atoms with van der Waals surface area (Å²) >= 11 is 0. The van der Waals surface area contributed by atoms with Crippen LogP contribution in [0.25, 0.3) is 11.4 Å². The highest BCUT2D eigenvalue weighted by atomic mass is 16.5. The third-order valence-electron chi connectivity index (χ3n) is 6.53. The van der Waals surface area contributed by atoms with Crippen molar-refractivity contribution in [3.63, 3.8) is 0 Å². The van der Waals surface area contributed by atoms with E-state index in [1.54, 1.807) is 31.2 Å². The van der Waals surface area contributed by atoms with E-state index in [-0.39, 0.29) is 5.56 Å². The number of ether oxygens (including phenoxy) is 2. The van der Waals surface area contributed by atoms with Crippen molar-refractivity contribution in [2.45, 2.75) is 13.3 Å². The molecule has 2 saturated heterocycles. The topological polar surface area (TPSA) is 142 Å². The minimum absolute atomic E-state index is 0.194. The average Bonchev–Trinajstić information content (AvgIpc) is 3.23. The molecule has 2 aliphatic rings. The number of carbonyl (C=O) groups excluding carboxylic acids is 1. The largest absolute Gasteiger partial charge is 0.478 e. The molecule has 0 bridgehead atoms. The van der Waals surface area contributed by atoms with Crippen molar-refractivity contribution < 1.29 is 24.2 Å². The molecule has 0 radical (unpaired) electrons. The van der Waals surface area contributed by atoms with Crippen LogP contribution >= 0.6 is 0 Å². The quantitative estimate of drug-likeness (QED) is 0.432. The fourth-order valence-electron chi connectivity index (χ4n) is 4.45. The van der Waals surface area contributed by atoms with E-state index in [1.165, 1.54) is 6.07 Å². The van der Waals surface area contributed by atoms with Crippen molar-refractivity contribution in [2.24, 2.45) is 0 Å². The Labute approximate surface area is 226 Å². The van der Waals surface area contributed by atoms with Crippen LogP contribution in [-0.2, 0) is 9.47 Å². The van der Waals surface area contributed by atoms with Gasteiger partial charge in [-0.25, -0.2) is 9.59 Å². The van der Waals surface area contributed by atoms with Gasteiger partial charge in [-0.15, -0.1) is 0 Å². The van der Waals surface area contributed by atoms with Gasteiger partial charge in [0.15, 0.2) is 5.82 Å². The van der Waals surface area contributed by atoms with E-state index in [9.17, 15) is 14.7 Å². The molecule has 2 aliphatic heterocycles. The Kier molecular flexibility index (Phi) is 8.13. The summed E-state index contributed by atoms with van der Waals surface area (Å²) < 4.78 is 11.1. The number of aryl methyl sites for hydroxylation is 1. The van der Waals surface area contributed by atoms with Crippen LogP contribution in [0.4, 0.5) is 28.1 Å². The van der Waals surface area contributed by atoms with Crippen LogP contribution in [0, 0.1) is 6.92 Å². The van der Waals surface area contributed by atoms with Gasteiger partial charge in [-0.2, -0.15) is 15.0 Å². The van der Waals surface area contributed by atoms with Gasteiger partial charge in [-0.1, -0.05) is 0 Å². The van der Waals surface area contributed by atoms with E-state index >= 15 is 0 Å². The predicted octanol–water partition coefficient (Wildman–Crippen LogP) is 3.25. The van der Waals surface area contributed by atoms with Crippen LogP contribution < -0.4 is 20.4 Å². The first-order valence-corrected chi connectivity index (χ1v) is 12.9. The summed E-state index contributed by atoms with van der Waals surface area (Å²) in [5, 5.41) is 14.7. The molecule has 39 heavy (non-hydrogen) atoms. The van der Waals surface area contributed by atoms with Gasteiger partial charge in [0.25, 0.3) is 0 Å². The lowest BCUT2D eigenvalue weighted by atomic mass is 10.1. The number of aromatic carboxylic acids is 1. The summed E-state index contributed by atoms with van der Waals surface area (Å²) in [6.07, 6.45) is 0.902. The summed E-state index contributed by atoms with van der Waals surface area (Å²) in [6, 6.07) is 11.5. The van der Waals surface area contributed by atoms with Gasteiger partial charge in [0.1, 0.15) is 0 Å². The fraction of sp³-hybridized carbons (Fsp3) is 0.370. The maximum absolute atomic E-state index is 12.5. The second kappa shape index (κ2) is 12.0. The predicted molar refractivity (Wildman–Crippen MR) is 147 cm³/mol. The minimum Gasteiger partial charge on any atom is -0.478 e. The first kappa shape index (κ1) is 26.3. The van der Waals surface area contributed by atoms with Crippen LogP contribution in [0.1, 0.15) is 22.3 Å². The Morgan fingerprint density at radius 3 is 2.03 bits per heavy atom. The van der Waals surface area contributed by atoms with Crippen molar-refractivity contribution in [2.75, 3.05) is 73.0 Å². The Morgan fingerprint density at radius 2 is 1.38 bits per heavy atom. The zero-order valence-electron chi connectivity index (χ0n) is 21.7.